The van der Waals surface area contributed by atoms with Gasteiger partial charge < -0.3 is 0 Å². The van der Waals surface area contributed by atoms with Gasteiger partial charge in [-0.15, -0.1) is 0 Å². The average molecular weight is 253 g/mol. The maximum atomic E-state index is 11.3. The molecule has 1 aromatic rings. The van der Waals surface area contributed by atoms with Crippen LogP contribution in [-0.4, -0.2) is 44.2 Å². The van der Waals surface area contributed by atoms with Crippen LogP contribution in [0, 0.1) is 0 Å². The maximum absolute atomic E-state index is 11.3. The van der Waals surface area contributed by atoms with Gasteiger partial charge >= 0.3 is 0 Å². The van der Waals surface area contributed by atoms with Gasteiger partial charge in [-0.05, 0) is 5.56 Å². The highest BCUT2D eigenvalue weighted by molar-refractivity contribution is 7.91. The van der Waals surface area contributed by atoms with E-state index in [4.69, 9.17) is 0 Å². The first kappa shape index (κ1) is 12.3. The van der Waals surface area contributed by atoms with Crippen molar-refractivity contribution in [3.63, 3.8) is 0 Å². The summed E-state index contributed by atoms with van der Waals surface area (Å²) >= 11 is 0. The van der Waals surface area contributed by atoms with E-state index in [1.54, 1.807) is 12.1 Å². The second-order valence-corrected chi connectivity index (χ2v) is 6.59. The molecule has 1 heterocycles. The Balaban J connectivity index is 1.95. The third-order valence-corrected chi connectivity index (χ3v) is 4.57. The third kappa shape index (κ3) is 3.38. The second kappa shape index (κ2) is 4.98. The fourth-order valence-corrected chi connectivity index (χ4v) is 3.15. The van der Waals surface area contributed by atoms with Crippen molar-refractivity contribution in [2.75, 3.05) is 24.6 Å². The molecule has 1 aliphatic rings. The Labute approximate surface area is 101 Å². The molecule has 0 N–H and O–H groups in total. The summed E-state index contributed by atoms with van der Waals surface area (Å²) in [4.78, 5) is 12.6. The quantitative estimate of drug-likeness (QED) is 0.745. The first-order valence-electron chi connectivity index (χ1n) is 5.56. The lowest BCUT2D eigenvalue weighted by Crippen LogP contribution is -2.39. The molecule has 1 aromatic carbocycles. The van der Waals surface area contributed by atoms with Gasteiger partial charge in [0.15, 0.2) is 9.84 Å². The van der Waals surface area contributed by atoms with E-state index in [9.17, 15) is 13.2 Å². The van der Waals surface area contributed by atoms with E-state index in [1.165, 1.54) is 0 Å². The number of hydrogen-bond donors (Lipinski definition) is 0. The molecule has 17 heavy (non-hydrogen) atoms. The average Bonchev–Trinajstić information content (AvgIpc) is 2.33. The molecule has 0 saturated carbocycles. The molecule has 1 aliphatic heterocycles. The number of hydrogen-bond acceptors (Lipinski definition) is 4. The summed E-state index contributed by atoms with van der Waals surface area (Å²) in [6, 6.07) is 7.38. The summed E-state index contributed by atoms with van der Waals surface area (Å²) in [6.45, 7) is 1.93. The molecule has 1 saturated heterocycles. The summed E-state index contributed by atoms with van der Waals surface area (Å²) in [7, 11) is -2.81. The zero-order chi connectivity index (χ0) is 12.3. The van der Waals surface area contributed by atoms with E-state index >= 15 is 0 Å². The maximum Gasteiger partial charge on any atom is 0.152 e. The van der Waals surface area contributed by atoms with Crippen molar-refractivity contribution < 1.29 is 13.2 Å². The number of carbonyl (C=O) groups excluding carboxylic acids is 1. The predicted molar refractivity (Wildman–Crippen MR) is 65.8 cm³/mol. The van der Waals surface area contributed by atoms with Crippen molar-refractivity contribution in [3.05, 3.63) is 35.4 Å². The Kier molecular flexibility index (Phi) is 3.59. The van der Waals surface area contributed by atoms with Crippen LogP contribution in [0.1, 0.15) is 15.9 Å². The molecular weight excluding hydrogens is 238 g/mol. The summed E-state index contributed by atoms with van der Waals surface area (Å²) < 4.78 is 22.5. The molecule has 0 bridgehead atoms. The smallest absolute Gasteiger partial charge is 0.152 e. The topological polar surface area (TPSA) is 54.5 Å². The molecule has 5 heteroatoms. The fourth-order valence-electron chi connectivity index (χ4n) is 1.87. The molecule has 4 nitrogen and oxygen atoms in total. The van der Waals surface area contributed by atoms with Crippen LogP contribution < -0.4 is 0 Å². The Bertz CT molecular complexity index is 479. The number of rotatable bonds is 3. The second-order valence-electron chi connectivity index (χ2n) is 4.29. The molecule has 92 valence electrons. The van der Waals surface area contributed by atoms with E-state index in [-0.39, 0.29) is 11.5 Å². The van der Waals surface area contributed by atoms with Crippen LogP contribution in [0.3, 0.4) is 0 Å². The molecule has 1 fully saturated rings. The molecular formula is C12H15NO3S. The number of sulfone groups is 1. The summed E-state index contributed by atoms with van der Waals surface area (Å²) in [6.07, 6.45) is 0.817. The first-order valence-corrected chi connectivity index (χ1v) is 7.38. The largest absolute Gasteiger partial charge is 0.298 e. The van der Waals surface area contributed by atoms with E-state index in [0.717, 1.165) is 18.4 Å². The van der Waals surface area contributed by atoms with E-state index in [2.05, 4.69) is 4.90 Å². The standard InChI is InChI=1S/C12H15NO3S/c14-10-12-3-1-11(2-4-12)9-13-5-7-17(15,16)8-6-13/h1-4,10H,5-9H2. The van der Waals surface area contributed by atoms with Crippen molar-refractivity contribution in [2.24, 2.45) is 0 Å². The molecule has 0 amide bonds. The SMILES string of the molecule is O=Cc1ccc(CN2CCS(=O)(=O)CC2)cc1. The van der Waals surface area contributed by atoms with Crippen LogP contribution in [0.15, 0.2) is 24.3 Å². The van der Waals surface area contributed by atoms with Gasteiger partial charge in [0.25, 0.3) is 0 Å². The van der Waals surface area contributed by atoms with Gasteiger partial charge in [-0.3, -0.25) is 9.69 Å². The molecule has 0 spiro atoms. The normalized spacial score (nSPS) is 20.0. The Morgan fingerprint density at radius 1 is 1.12 bits per heavy atom. The zero-order valence-electron chi connectivity index (χ0n) is 9.50. The minimum atomic E-state index is -2.81. The van der Waals surface area contributed by atoms with Crippen LogP contribution in [-0.2, 0) is 16.4 Å². The Hall–Kier alpha value is -1.20. The van der Waals surface area contributed by atoms with Gasteiger partial charge in [0.05, 0.1) is 11.5 Å². The minimum Gasteiger partial charge on any atom is -0.298 e. The van der Waals surface area contributed by atoms with E-state index < -0.39 is 9.84 Å². The molecule has 0 radical (unpaired) electrons. The molecule has 0 atom stereocenters. The lowest BCUT2D eigenvalue weighted by Gasteiger charge is -2.26. The van der Waals surface area contributed by atoms with Gasteiger partial charge in [0.1, 0.15) is 6.29 Å². The molecule has 0 aromatic heterocycles. The highest BCUT2D eigenvalue weighted by Gasteiger charge is 2.21. The number of nitrogens with zero attached hydrogens (tertiary/aromatic N) is 1. The van der Waals surface area contributed by atoms with Crippen molar-refractivity contribution in [1.29, 1.82) is 0 Å². The monoisotopic (exact) mass is 253 g/mol. The van der Waals surface area contributed by atoms with Gasteiger partial charge in [-0.2, -0.15) is 0 Å². The fraction of sp³-hybridized carbons (Fsp3) is 0.417. The van der Waals surface area contributed by atoms with Crippen LogP contribution in [0.4, 0.5) is 0 Å². The van der Waals surface area contributed by atoms with Gasteiger partial charge in [0.2, 0.25) is 0 Å². The zero-order valence-corrected chi connectivity index (χ0v) is 10.3. The first-order chi connectivity index (χ1) is 8.09. The molecule has 0 unspecified atom stereocenters. The van der Waals surface area contributed by atoms with Gasteiger partial charge in [-0.1, -0.05) is 24.3 Å². The number of carbonyl (C=O) groups is 1. The van der Waals surface area contributed by atoms with Crippen LogP contribution >= 0.6 is 0 Å². The highest BCUT2D eigenvalue weighted by atomic mass is 32.2. The summed E-state index contributed by atoms with van der Waals surface area (Å²) in [5, 5.41) is 0. The lowest BCUT2D eigenvalue weighted by atomic mass is 10.1. The van der Waals surface area contributed by atoms with E-state index in [1.807, 2.05) is 12.1 Å². The molecule has 2 rings (SSSR count). The lowest BCUT2D eigenvalue weighted by molar-refractivity contribution is 0.112. The Morgan fingerprint density at radius 3 is 2.24 bits per heavy atom. The van der Waals surface area contributed by atoms with Crippen molar-refractivity contribution in [1.82, 2.24) is 4.90 Å². The van der Waals surface area contributed by atoms with Crippen molar-refractivity contribution in [3.8, 4) is 0 Å². The van der Waals surface area contributed by atoms with Gasteiger partial charge in [0, 0.05) is 25.2 Å². The van der Waals surface area contributed by atoms with Crippen LogP contribution in [0.5, 0.6) is 0 Å². The van der Waals surface area contributed by atoms with Crippen molar-refractivity contribution in [2.45, 2.75) is 6.54 Å². The third-order valence-electron chi connectivity index (χ3n) is 2.96. The van der Waals surface area contributed by atoms with Gasteiger partial charge in [-0.25, -0.2) is 8.42 Å². The molecule has 0 aliphatic carbocycles. The predicted octanol–water partition coefficient (Wildman–Crippen LogP) is 0.730. The summed E-state index contributed by atoms with van der Waals surface area (Å²) in [5.74, 6) is 0.499. The van der Waals surface area contributed by atoms with Crippen LogP contribution in [0.2, 0.25) is 0 Å². The highest BCUT2D eigenvalue weighted by Crippen LogP contribution is 2.10. The van der Waals surface area contributed by atoms with Crippen molar-refractivity contribution >= 4 is 16.1 Å². The van der Waals surface area contributed by atoms with Crippen LogP contribution in [0.25, 0.3) is 0 Å². The minimum absolute atomic E-state index is 0.249. The number of benzene rings is 1. The van der Waals surface area contributed by atoms with E-state index in [0.29, 0.717) is 18.7 Å². The summed E-state index contributed by atoms with van der Waals surface area (Å²) in [5.41, 5.74) is 1.77. The Morgan fingerprint density at radius 2 is 1.71 bits per heavy atom. The number of aldehydes is 1.